The van der Waals surface area contributed by atoms with E-state index in [1.54, 1.807) is 49.6 Å². The SMILES string of the molecule is c1ccc2c(c1)N(c1cncnc1)C(=C1N(c3cncnc3)c3ccccc3N1c1cncnc1)N2c1cncnc1. The first-order valence-electron chi connectivity index (χ1n) is 13.0. The third-order valence-corrected chi connectivity index (χ3v) is 6.99. The molecular formula is C30H20N12. The normalized spacial score (nSPS) is 13.9. The number of nitrogens with zero attached hydrogens (tertiary/aromatic N) is 12. The van der Waals surface area contributed by atoms with Crippen LogP contribution < -0.4 is 19.6 Å². The molecule has 4 aromatic heterocycles. The Labute approximate surface area is 240 Å². The van der Waals surface area contributed by atoms with E-state index in [2.05, 4.69) is 83.7 Å². The van der Waals surface area contributed by atoms with Gasteiger partial charge in [0.2, 0.25) is 0 Å². The van der Waals surface area contributed by atoms with Crippen molar-refractivity contribution in [3.8, 4) is 0 Å². The third kappa shape index (κ3) is 3.63. The Balaban J connectivity index is 1.53. The summed E-state index contributed by atoms with van der Waals surface area (Å²) < 4.78 is 0. The average molecular weight is 549 g/mol. The number of anilines is 8. The van der Waals surface area contributed by atoms with Crippen LogP contribution in [0.15, 0.2) is 135 Å². The molecular weight excluding hydrogens is 528 g/mol. The van der Waals surface area contributed by atoms with E-state index in [-0.39, 0.29) is 0 Å². The van der Waals surface area contributed by atoms with Crippen LogP contribution in [0, 0.1) is 0 Å². The first-order valence-corrected chi connectivity index (χ1v) is 13.0. The second-order valence-electron chi connectivity index (χ2n) is 9.35. The van der Waals surface area contributed by atoms with Crippen molar-refractivity contribution in [3.63, 3.8) is 0 Å². The fraction of sp³-hybridized carbons (Fsp3) is 0. The Morgan fingerprint density at radius 3 is 0.738 bits per heavy atom. The topological polar surface area (TPSA) is 116 Å². The van der Waals surface area contributed by atoms with Gasteiger partial charge in [-0.1, -0.05) is 24.3 Å². The Morgan fingerprint density at radius 1 is 0.310 bits per heavy atom. The molecule has 6 aromatic rings. The fourth-order valence-corrected chi connectivity index (χ4v) is 5.41. The van der Waals surface area contributed by atoms with Gasteiger partial charge in [-0.05, 0) is 24.3 Å². The van der Waals surface area contributed by atoms with E-state index in [4.69, 9.17) is 0 Å². The molecule has 2 aliphatic rings. The van der Waals surface area contributed by atoms with E-state index in [0.29, 0.717) is 0 Å². The minimum Gasteiger partial charge on any atom is -0.288 e. The quantitative estimate of drug-likeness (QED) is 0.286. The molecule has 6 heterocycles. The summed E-state index contributed by atoms with van der Waals surface area (Å²) in [7, 11) is 0. The molecule has 12 nitrogen and oxygen atoms in total. The molecule has 0 aliphatic carbocycles. The van der Waals surface area contributed by atoms with Gasteiger partial charge in [-0.3, -0.25) is 19.6 Å². The van der Waals surface area contributed by atoms with Gasteiger partial charge in [0.05, 0.1) is 95.1 Å². The van der Waals surface area contributed by atoms with Crippen molar-refractivity contribution in [3.05, 3.63) is 135 Å². The zero-order valence-corrected chi connectivity index (χ0v) is 21.9. The Kier molecular flexibility index (Phi) is 5.45. The van der Waals surface area contributed by atoms with Crippen LogP contribution in [0.25, 0.3) is 0 Å². The summed E-state index contributed by atoms with van der Waals surface area (Å²) in [6.07, 6.45) is 20.4. The number of hydrogen-bond acceptors (Lipinski definition) is 12. The summed E-state index contributed by atoms with van der Waals surface area (Å²) >= 11 is 0. The minimum atomic E-state index is 0.774. The molecule has 42 heavy (non-hydrogen) atoms. The first kappa shape index (κ1) is 23.6. The molecule has 0 bridgehead atoms. The third-order valence-electron chi connectivity index (χ3n) is 6.99. The molecule has 0 saturated heterocycles. The summed E-state index contributed by atoms with van der Waals surface area (Å²) in [6, 6.07) is 16.3. The van der Waals surface area contributed by atoms with Gasteiger partial charge in [-0.2, -0.15) is 0 Å². The lowest BCUT2D eigenvalue weighted by Crippen LogP contribution is -2.33. The van der Waals surface area contributed by atoms with Crippen LogP contribution in [-0.2, 0) is 0 Å². The summed E-state index contributed by atoms with van der Waals surface area (Å²) in [5.41, 5.74) is 6.83. The van der Waals surface area contributed by atoms with E-state index < -0.39 is 0 Å². The molecule has 0 amide bonds. The number of hydrogen-bond donors (Lipinski definition) is 0. The van der Waals surface area contributed by atoms with Gasteiger partial charge >= 0.3 is 0 Å². The molecule has 12 heteroatoms. The molecule has 0 spiro atoms. The molecule has 2 aromatic carbocycles. The van der Waals surface area contributed by atoms with Gasteiger partial charge in [-0.15, -0.1) is 0 Å². The summed E-state index contributed by atoms with van der Waals surface area (Å²) in [4.78, 5) is 43.5. The Morgan fingerprint density at radius 2 is 0.524 bits per heavy atom. The second kappa shape index (κ2) is 9.71. The first-order chi connectivity index (χ1) is 20.9. The number of rotatable bonds is 4. The van der Waals surface area contributed by atoms with E-state index in [1.807, 2.05) is 24.3 Å². The lowest BCUT2D eigenvalue weighted by Gasteiger charge is -2.33. The zero-order chi connectivity index (χ0) is 27.9. The standard InChI is InChI=1S/C30H20N12/c1-2-6-26-25(5-1)39(21-9-31-17-32-10-21)29(40(26)22-11-33-18-34-12-22)30-41(23-13-35-19-36-14-23)27-7-3-4-8-28(27)42(30)24-15-37-20-38-16-24/h1-20H. The highest BCUT2D eigenvalue weighted by molar-refractivity contribution is 5.99. The lowest BCUT2D eigenvalue weighted by molar-refractivity contribution is 0.977. The monoisotopic (exact) mass is 548 g/mol. The maximum atomic E-state index is 4.37. The fourth-order valence-electron chi connectivity index (χ4n) is 5.41. The lowest BCUT2D eigenvalue weighted by atomic mass is 10.2. The van der Waals surface area contributed by atoms with E-state index in [0.717, 1.165) is 57.1 Å². The van der Waals surface area contributed by atoms with E-state index in [1.165, 1.54) is 25.3 Å². The van der Waals surface area contributed by atoms with Crippen molar-refractivity contribution in [2.75, 3.05) is 19.6 Å². The highest BCUT2D eigenvalue weighted by atomic mass is 15.5. The van der Waals surface area contributed by atoms with Crippen molar-refractivity contribution in [1.29, 1.82) is 0 Å². The smallest absolute Gasteiger partial charge is 0.166 e. The van der Waals surface area contributed by atoms with Gasteiger partial charge in [-0.25, -0.2) is 39.9 Å². The van der Waals surface area contributed by atoms with Crippen molar-refractivity contribution in [2.45, 2.75) is 0 Å². The number of aromatic nitrogens is 8. The van der Waals surface area contributed by atoms with Crippen LogP contribution in [0.1, 0.15) is 0 Å². The van der Waals surface area contributed by atoms with Crippen LogP contribution in [-0.4, -0.2) is 39.9 Å². The maximum absolute atomic E-state index is 4.37. The van der Waals surface area contributed by atoms with Crippen LogP contribution in [0.5, 0.6) is 0 Å². The molecule has 0 unspecified atom stereocenters. The summed E-state index contributed by atoms with van der Waals surface area (Å²) in [6.45, 7) is 0. The zero-order valence-electron chi connectivity index (χ0n) is 21.9. The average Bonchev–Trinajstić information content (AvgIpc) is 3.59. The van der Waals surface area contributed by atoms with Crippen LogP contribution in [0.2, 0.25) is 0 Å². The number of para-hydroxylation sites is 4. The van der Waals surface area contributed by atoms with Gasteiger partial charge in [0, 0.05) is 0 Å². The second-order valence-corrected chi connectivity index (χ2v) is 9.35. The number of benzene rings is 2. The van der Waals surface area contributed by atoms with Crippen LogP contribution in [0.3, 0.4) is 0 Å². The molecule has 0 saturated carbocycles. The van der Waals surface area contributed by atoms with Crippen molar-refractivity contribution in [2.24, 2.45) is 0 Å². The van der Waals surface area contributed by atoms with Gasteiger partial charge in [0.1, 0.15) is 25.3 Å². The van der Waals surface area contributed by atoms with Crippen LogP contribution in [0.4, 0.5) is 45.5 Å². The Hall–Kier alpha value is -6.30. The highest BCUT2D eigenvalue weighted by Crippen LogP contribution is 2.56. The predicted molar refractivity (Wildman–Crippen MR) is 157 cm³/mol. The maximum Gasteiger partial charge on any atom is 0.166 e. The molecule has 0 atom stereocenters. The minimum absolute atomic E-state index is 0.774. The number of fused-ring (bicyclic) bond motifs is 2. The van der Waals surface area contributed by atoms with Gasteiger partial charge in [0.25, 0.3) is 0 Å². The van der Waals surface area contributed by atoms with Gasteiger partial charge in [0.15, 0.2) is 11.6 Å². The van der Waals surface area contributed by atoms with Crippen molar-refractivity contribution < 1.29 is 0 Å². The molecule has 8 rings (SSSR count). The van der Waals surface area contributed by atoms with Crippen LogP contribution >= 0.6 is 0 Å². The van der Waals surface area contributed by atoms with Crippen molar-refractivity contribution in [1.82, 2.24) is 39.9 Å². The van der Waals surface area contributed by atoms with Crippen molar-refractivity contribution >= 4 is 45.5 Å². The Bertz CT molecular complexity index is 1630. The molecule has 200 valence electrons. The summed E-state index contributed by atoms with van der Waals surface area (Å²) in [5, 5.41) is 0. The summed E-state index contributed by atoms with van der Waals surface area (Å²) in [5.74, 6) is 1.56. The predicted octanol–water partition coefficient (Wildman–Crippen LogP) is 5.25. The van der Waals surface area contributed by atoms with E-state index >= 15 is 0 Å². The molecule has 0 radical (unpaired) electrons. The van der Waals surface area contributed by atoms with E-state index in [9.17, 15) is 0 Å². The molecule has 2 aliphatic heterocycles. The highest BCUT2D eigenvalue weighted by Gasteiger charge is 2.44. The molecule has 0 fully saturated rings. The molecule has 0 N–H and O–H groups in total. The largest absolute Gasteiger partial charge is 0.288 e. The van der Waals surface area contributed by atoms with Gasteiger partial charge < -0.3 is 0 Å².